The van der Waals surface area contributed by atoms with Gasteiger partial charge in [0.05, 0.1) is 22.6 Å². The fraction of sp³-hybridized carbons (Fsp3) is 0.680. The van der Waals surface area contributed by atoms with Crippen LogP contribution in [0.15, 0.2) is 22.5 Å². The number of aliphatic carboxylic acids is 1. The number of hydrogen-bond donors (Lipinski definition) is 2. The Kier molecular flexibility index (Phi) is 17.1. The van der Waals surface area contributed by atoms with Crippen molar-refractivity contribution in [2.24, 2.45) is 5.14 Å². The van der Waals surface area contributed by atoms with E-state index in [1.54, 1.807) is 30.0 Å². The molecule has 0 bridgehead atoms. The highest BCUT2D eigenvalue weighted by atomic mass is 32.2. The number of benzene rings is 1. The van der Waals surface area contributed by atoms with Gasteiger partial charge >= 0.3 is 5.97 Å². The summed E-state index contributed by atoms with van der Waals surface area (Å²) in [6, 6.07) is 5.22. The van der Waals surface area contributed by atoms with Crippen molar-refractivity contribution in [3.63, 3.8) is 0 Å². The summed E-state index contributed by atoms with van der Waals surface area (Å²) in [6.45, 7) is 4.71. The van der Waals surface area contributed by atoms with E-state index >= 15 is 0 Å². The lowest BCUT2D eigenvalue weighted by molar-refractivity contribution is -0.133. The van der Waals surface area contributed by atoms with Crippen molar-refractivity contribution in [3.05, 3.63) is 18.2 Å². The first-order valence-electron chi connectivity index (χ1n) is 12.6. The van der Waals surface area contributed by atoms with Crippen molar-refractivity contribution in [1.82, 2.24) is 4.98 Å². The number of primary sulfonamides is 1. The van der Waals surface area contributed by atoms with E-state index in [1.165, 1.54) is 77.0 Å². The summed E-state index contributed by atoms with van der Waals surface area (Å²) in [6.07, 6.45) is 16.3. The van der Waals surface area contributed by atoms with Crippen LogP contribution in [0.4, 0.5) is 0 Å². The molecule has 200 valence electrons. The summed E-state index contributed by atoms with van der Waals surface area (Å²) in [7, 11) is -3.72. The average Bonchev–Trinajstić information content (AvgIpc) is 3.24. The van der Waals surface area contributed by atoms with E-state index < -0.39 is 16.0 Å². The molecule has 0 spiro atoms. The van der Waals surface area contributed by atoms with Crippen LogP contribution in [0.25, 0.3) is 10.2 Å². The molecule has 0 unspecified atom stereocenters. The van der Waals surface area contributed by atoms with Gasteiger partial charge in [-0.1, -0.05) is 77.6 Å². The summed E-state index contributed by atoms with van der Waals surface area (Å²) in [5.41, 5.74) is 0.609. The Balaban J connectivity index is 0.000000353. The number of fused-ring (bicyclic) bond motifs is 1. The van der Waals surface area contributed by atoms with Crippen LogP contribution in [0.5, 0.6) is 5.75 Å². The fourth-order valence-corrected chi connectivity index (χ4v) is 5.88. The molecule has 35 heavy (non-hydrogen) atoms. The molecule has 7 nitrogen and oxygen atoms in total. The Bertz CT molecular complexity index is 948. The highest BCUT2D eigenvalue weighted by Gasteiger charge is 2.14. The minimum absolute atomic E-state index is 0.0730. The third-order valence-corrected chi connectivity index (χ3v) is 8.63. The van der Waals surface area contributed by atoms with E-state index in [4.69, 9.17) is 15.0 Å². The van der Waals surface area contributed by atoms with Crippen molar-refractivity contribution < 1.29 is 23.1 Å². The van der Waals surface area contributed by atoms with Crippen molar-refractivity contribution in [2.45, 2.75) is 95.2 Å². The minimum Gasteiger partial charge on any atom is -0.494 e. The summed E-state index contributed by atoms with van der Waals surface area (Å²) in [5, 5.41) is 13.5. The van der Waals surface area contributed by atoms with Crippen molar-refractivity contribution >= 4 is 49.3 Å². The van der Waals surface area contributed by atoms with Gasteiger partial charge in [0, 0.05) is 0 Å². The second-order valence-corrected chi connectivity index (χ2v) is 12.3. The van der Waals surface area contributed by atoms with Crippen LogP contribution in [0.1, 0.15) is 90.9 Å². The number of rotatable bonds is 18. The number of unbranched alkanes of at least 4 members (excludes halogenated alkanes) is 11. The molecule has 0 atom stereocenters. The molecule has 0 aliphatic carbocycles. The molecular weight excluding hydrogens is 504 g/mol. The first-order chi connectivity index (χ1) is 16.8. The second kappa shape index (κ2) is 18.8. The monoisotopic (exact) mass is 546 g/mol. The van der Waals surface area contributed by atoms with Crippen LogP contribution < -0.4 is 9.88 Å². The quantitative estimate of drug-likeness (QED) is 0.196. The van der Waals surface area contributed by atoms with Crippen molar-refractivity contribution in [1.29, 1.82) is 0 Å². The van der Waals surface area contributed by atoms with Gasteiger partial charge in [-0.25, -0.2) is 18.5 Å². The van der Waals surface area contributed by atoms with Gasteiger partial charge in [-0.2, -0.15) is 11.8 Å². The number of nitrogens with zero attached hydrogens (tertiary/aromatic N) is 1. The molecule has 0 aliphatic rings. The predicted molar refractivity (Wildman–Crippen MR) is 148 cm³/mol. The van der Waals surface area contributed by atoms with Gasteiger partial charge in [-0.3, -0.25) is 4.79 Å². The molecule has 0 radical (unpaired) electrons. The maximum atomic E-state index is 11.1. The molecule has 0 saturated heterocycles. The molecule has 0 amide bonds. The highest BCUT2D eigenvalue weighted by Crippen LogP contribution is 2.28. The number of thiazole rings is 1. The molecule has 10 heteroatoms. The number of ether oxygens (including phenoxy) is 1. The molecule has 0 fully saturated rings. The Morgan fingerprint density at radius 3 is 2.09 bits per heavy atom. The highest BCUT2D eigenvalue weighted by molar-refractivity contribution is 7.99. The average molecular weight is 547 g/mol. The molecule has 2 aromatic rings. The smallest absolute Gasteiger partial charge is 0.313 e. The SMILES string of the molecule is CCCCCCCCCCCCCCSCC(=O)O.CCOc1ccc2nc(S(N)(=O)=O)sc2c1. The summed E-state index contributed by atoms with van der Waals surface area (Å²) < 4.78 is 28.2. The molecule has 2 rings (SSSR count). The number of thioether (sulfide) groups is 1. The van der Waals surface area contributed by atoms with E-state index in [0.29, 0.717) is 17.9 Å². The summed E-state index contributed by atoms with van der Waals surface area (Å²) in [4.78, 5) is 14.2. The number of nitrogens with two attached hydrogens (primary N) is 1. The van der Waals surface area contributed by atoms with Gasteiger partial charge in [-0.15, -0.1) is 11.3 Å². The van der Waals surface area contributed by atoms with E-state index in [0.717, 1.165) is 21.8 Å². The standard InChI is InChI=1S/C16H32O2S.C9H10N2O3S2/c1-2-3-4-5-6-7-8-9-10-11-12-13-14-19-15-16(17)18;1-2-14-6-3-4-7-8(5-6)15-9(11-7)16(10,12)13/h2-15H2,1H3,(H,17,18);3-5H,2H2,1H3,(H2,10,12,13). The lowest BCUT2D eigenvalue weighted by atomic mass is 10.1. The first kappa shape index (κ1) is 31.7. The normalized spacial score (nSPS) is 11.3. The maximum Gasteiger partial charge on any atom is 0.313 e. The zero-order valence-corrected chi connectivity index (χ0v) is 23.6. The van der Waals surface area contributed by atoms with E-state index in [9.17, 15) is 13.2 Å². The van der Waals surface area contributed by atoms with E-state index in [2.05, 4.69) is 11.9 Å². The van der Waals surface area contributed by atoms with Crippen LogP contribution in [-0.4, -0.2) is 42.6 Å². The van der Waals surface area contributed by atoms with Crippen LogP contribution in [0.2, 0.25) is 0 Å². The Morgan fingerprint density at radius 1 is 1.00 bits per heavy atom. The second-order valence-electron chi connectivity index (χ2n) is 8.42. The molecular formula is C25H42N2O5S3. The lowest BCUT2D eigenvalue weighted by Gasteiger charge is -2.02. The number of carboxylic acids is 1. The number of carbonyl (C=O) groups is 1. The van der Waals surface area contributed by atoms with Gasteiger partial charge in [0.1, 0.15) is 5.75 Å². The van der Waals surface area contributed by atoms with Crippen LogP contribution in [0, 0.1) is 0 Å². The molecule has 1 aromatic heterocycles. The van der Waals surface area contributed by atoms with Crippen LogP contribution in [0.3, 0.4) is 0 Å². The summed E-state index contributed by atoms with van der Waals surface area (Å²) in [5.74, 6) is 1.27. The first-order valence-corrected chi connectivity index (χ1v) is 16.1. The Morgan fingerprint density at radius 2 is 1.57 bits per heavy atom. The molecule has 0 aliphatic heterocycles. The Hall–Kier alpha value is -1.36. The largest absolute Gasteiger partial charge is 0.494 e. The Labute approximate surface area is 219 Å². The third-order valence-electron chi connectivity index (χ3n) is 5.26. The number of hydrogen-bond acceptors (Lipinski definition) is 7. The number of aromatic nitrogens is 1. The van der Waals surface area contributed by atoms with Crippen LogP contribution in [-0.2, 0) is 14.8 Å². The van der Waals surface area contributed by atoms with Gasteiger partial charge in [0.2, 0.25) is 4.34 Å². The number of carboxylic acid groups (broad SMARTS) is 1. The van der Waals surface area contributed by atoms with Gasteiger partial charge in [0.15, 0.2) is 0 Å². The van der Waals surface area contributed by atoms with Gasteiger partial charge < -0.3 is 9.84 Å². The topological polar surface area (TPSA) is 120 Å². The van der Waals surface area contributed by atoms with E-state index in [1.807, 2.05) is 6.92 Å². The zero-order valence-electron chi connectivity index (χ0n) is 21.2. The lowest BCUT2D eigenvalue weighted by Crippen LogP contribution is -2.11. The van der Waals surface area contributed by atoms with Gasteiger partial charge in [0.25, 0.3) is 10.0 Å². The molecule has 0 saturated carbocycles. The van der Waals surface area contributed by atoms with E-state index in [-0.39, 0.29) is 10.1 Å². The minimum atomic E-state index is -3.72. The number of sulfonamides is 1. The predicted octanol–water partition coefficient (Wildman–Crippen LogP) is 6.85. The maximum absolute atomic E-state index is 11.1. The van der Waals surface area contributed by atoms with Crippen LogP contribution >= 0.6 is 23.1 Å². The molecule has 3 N–H and O–H groups in total. The third kappa shape index (κ3) is 15.4. The van der Waals surface area contributed by atoms with Gasteiger partial charge in [-0.05, 0) is 37.3 Å². The molecule has 1 heterocycles. The van der Waals surface area contributed by atoms with Crippen molar-refractivity contribution in [2.75, 3.05) is 18.1 Å². The summed E-state index contributed by atoms with van der Waals surface area (Å²) >= 11 is 2.58. The molecule has 1 aromatic carbocycles. The zero-order chi connectivity index (χ0) is 25.9. The van der Waals surface area contributed by atoms with Crippen molar-refractivity contribution in [3.8, 4) is 5.75 Å². The fourth-order valence-electron chi connectivity index (χ4n) is 3.47.